The third kappa shape index (κ3) is 4.40. The van der Waals surface area contributed by atoms with Crippen molar-refractivity contribution in [2.75, 3.05) is 26.9 Å². The Morgan fingerprint density at radius 3 is 2.87 bits per heavy atom. The zero-order valence-electron chi connectivity index (χ0n) is 13.3. The molecule has 1 aliphatic heterocycles. The van der Waals surface area contributed by atoms with Crippen LogP contribution in [0.25, 0.3) is 0 Å². The van der Waals surface area contributed by atoms with Crippen LogP contribution < -0.4 is 11.5 Å². The molecule has 2 rings (SSSR count). The van der Waals surface area contributed by atoms with Crippen LogP contribution in [-0.2, 0) is 16.0 Å². The molecule has 0 aromatic heterocycles. The fraction of sp³-hybridized carbons (Fsp3) is 0.562. The van der Waals surface area contributed by atoms with Crippen molar-refractivity contribution in [2.24, 2.45) is 11.5 Å². The molecule has 1 aromatic rings. The lowest BCUT2D eigenvalue weighted by molar-refractivity contribution is -0.0235. The van der Waals surface area contributed by atoms with Gasteiger partial charge in [-0.25, -0.2) is 9.18 Å². The summed E-state index contributed by atoms with van der Waals surface area (Å²) in [6.07, 6.45) is 1.31. The van der Waals surface area contributed by atoms with Crippen molar-refractivity contribution in [2.45, 2.75) is 31.5 Å². The average molecular weight is 325 g/mol. The first-order valence-electron chi connectivity index (χ1n) is 7.71. The van der Waals surface area contributed by atoms with E-state index in [9.17, 15) is 9.18 Å². The van der Waals surface area contributed by atoms with Crippen LogP contribution in [0.2, 0.25) is 0 Å². The van der Waals surface area contributed by atoms with Crippen molar-refractivity contribution in [3.63, 3.8) is 0 Å². The smallest absolute Gasteiger partial charge is 0.315 e. The van der Waals surface area contributed by atoms with Gasteiger partial charge >= 0.3 is 6.03 Å². The third-order valence-corrected chi connectivity index (χ3v) is 4.16. The molecule has 128 valence electrons. The van der Waals surface area contributed by atoms with Gasteiger partial charge in [-0.3, -0.25) is 0 Å². The maximum absolute atomic E-state index is 13.4. The number of nitrogens with two attached hydrogens (primary N) is 2. The second-order valence-corrected chi connectivity index (χ2v) is 5.60. The van der Waals surface area contributed by atoms with Gasteiger partial charge in [-0.1, -0.05) is 6.07 Å². The van der Waals surface area contributed by atoms with E-state index in [1.54, 1.807) is 18.1 Å². The van der Waals surface area contributed by atoms with Crippen LogP contribution in [0.1, 0.15) is 30.0 Å². The van der Waals surface area contributed by atoms with E-state index in [2.05, 4.69) is 0 Å². The summed E-state index contributed by atoms with van der Waals surface area (Å²) in [6, 6.07) is 3.72. The highest BCUT2D eigenvalue weighted by Gasteiger charge is 2.33. The van der Waals surface area contributed by atoms with E-state index in [1.807, 2.05) is 0 Å². The zero-order valence-corrected chi connectivity index (χ0v) is 13.3. The summed E-state index contributed by atoms with van der Waals surface area (Å²) in [5.41, 5.74) is 12.7. The Kier molecular flexibility index (Phi) is 6.32. The molecule has 2 unspecified atom stereocenters. The number of nitrogens with zero attached hydrogens (tertiary/aromatic N) is 1. The van der Waals surface area contributed by atoms with Crippen LogP contribution in [0.4, 0.5) is 9.18 Å². The Hall–Kier alpha value is -1.70. The SMILES string of the molecule is COCCOC1CCN(C(N)=O)C(c2ccc(F)cc2CN)C1. The van der Waals surface area contributed by atoms with E-state index in [4.69, 9.17) is 20.9 Å². The number of carbonyl (C=O) groups is 1. The molecule has 6 nitrogen and oxygen atoms in total. The number of amides is 2. The van der Waals surface area contributed by atoms with E-state index in [0.717, 1.165) is 5.56 Å². The van der Waals surface area contributed by atoms with Gasteiger partial charge in [0.1, 0.15) is 5.82 Å². The minimum Gasteiger partial charge on any atom is -0.382 e. The van der Waals surface area contributed by atoms with Gasteiger partial charge in [-0.2, -0.15) is 0 Å². The number of methoxy groups -OCH3 is 1. The maximum Gasteiger partial charge on any atom is 0.315 e. The van der Waals surface area contributed by atoms with Crippen LogP contribution in [0.15, 0.2) is 18.2 Å². The molecule has 23 heavy (non-hydrogen) atoms. The molecule has 7 heteroatoms. The molecule has 0 spiro atoms. The van der Waals surface area contributed by atoms with Gasteiger partial charge in [0.15, 0.2) is 0 Å². The lowest BCUT2D eigenvalue weighted by atomic mass is 9.90. The van der Waals surface area contributed by atoms with E-state index in [-0.39, 0.29) is 24.5 Å². The summed E-state index contributed by atoms with van der Waals surface area (Å²) < 4.78 is 24.2. The van der Waals surface area contributed by atoms with Crippen molar-refractivity contribution in [3.05, 3.63) is 35.1 Å². The normalized spacial score (nSPS) is 21.4. The second kappa shape index (κ2) is 8.24. The summed E-state index contributed by atoms with van der Waals surface area (Å²) in [5.74, 6) is -0.344. The number of benzene rings is 1. The fourth-order valence-corrected chi connectivity index (χ4v) is 3.02. The summed E-state index contributed by atoms with van der Waals surface area (Å²) in [5, 5.41) is 0. The molecule has 0 bridgehead atoms. The summed E-state index contributed by atoms with van der Waals surface area (Å²) >= 11 is 0. The molecule has 0 aliphatic carbocycles. The molecule has 2 atom stereocenters. The first-order chi connectivity index (χ1) is 11.1. The first kappa shape index (κ1) is 17.7. The van der Waals surface area contributed by atoms with Gasteiger partial charge in [-0.15, -0.1) is 0 Å². The van der Waals surface area contributed by atoms with Gasteiger partial charge in [0.25, 0.3) is 0 Å². The molecule has 2 amide bonds. The highest BCUT2D eigenvalue weighted by Crippen LogP contribution is 2.34. The first-order valence-corrected chi connectivity index (χ1v) is 7.71. The van der Waals surface area contributed by atoms with Gasteiger partial charge in [0.05, 0.1) is 25.4 Å². The number of carbonyl (C=O) groups excluding carboxylic acids is 1. The predicted molar refractivity (Wildman–Crippen MR) is 84.2 cm³/mol. The molecule has 0 radical (unpaired) electrons. The fourth-order valence-electron chi connectivity index (χ4n) is 3.02. The molecule has 1 aliphatic rings. The highest BCUT2D eigenvalue weighted by molar-refractivity contribution is 5.73. The predicted octanol–water partition coefficient (Wildman–Crippen LogP) is 1.53. The quantitative estimate of drug-likeness (QED) is 0.776. The van der Waals surface area contributed by atoms with Crippen molar-refractivity contribution in [3.8, 4) is 0 Å². The average Bonchev–Trinajstić information content (AvgIpc) is 2.54. The molecular weight excluding hydrogens is 301 g/mol. The van der Waals surface area contributed by atoms with Crippen molar-refractivity contribution < 1.29 is 18.7 Å². The molecular formula is C16H24FN3O3. The number of primary amides is 1. The van der Waals surface area contributed by atoms with E-state index >= 15 is 0 Å². The third-order valence-electron chi connectivity index (χ3n) is 4.16. The Labute approximate surface area is 135 Å². The Bertz CT molecular complexity index is 541. The molecule has 1 aromatic carbocycles. The minimum atomic E-state index is -0.488. The monoisotopic (exact) mass is 325 g/mol. The van der Waals surface area contributed by atoms with Crippen molar-refractivity contribution in [1.82, 2.24) is 4.90 Å². The second-order valence-electron chi connectivity index (χ2n) is 5.60. The minimum absolute atomic E-state index is 0.00132. The van der Waals surface area contributed by atoms with Gasteiger partial charge < -0.3 is 25.8 Å². The van der Waals surface area contributed by atoms with E-state index < -0.39 is 6.03 Å². The Morgan fingerprint density at radius 1 is 1.43 bits per heavy atom. The van der Waals surface area contributed by atoms with Crippen LogP contribution in [-0.4, -0.2) is 43.9 Å². The number of hydrogen-bond donors (Lipinski definition) is 2. The van der Waals surface area contributed by atoms with Crippen molar-refractivity contribution in [1.29, 1.82) is 0 Å². The Morgan fingerprint density at radius 2 is 2.22 bits per heavy atom. The number of ether oxygens (including phenoxy) is 2. The number of piperidine rings is 1. The standard InChI is InChI=1S/C16H24FN3O3/c1-22-6-7-23-13-4-5-20(16(19)21)15(9-13)14-3-2-12(17)8-11(14)10-18/h2-3,8,13,15H,4-7,9-10,18H2,1H3,(H2,19,21). The van der Waals surface area contributed by atoms with Gasteiger partial charge in [0.2, 0.25) is 0 Å². The number of rotatable bonds is 6. The number of urea groups is 1. The Balaban J connectivity index is 2.21. The van der Waals surface area contributed by atoms with E-state index in [0.29, 0.717) is 38.2 Å². The molecule has 0 saturated carbocycles. The summed E-state index contributed by atoms with van der Waals surface area (Å²) in [7, 11) is 1.62. The highest BCUT2D eigenvalue weighted by atomic mass is 19.1. The summed E-state index contributed by atoms with van der Waals surface area (Å²) in [4.78, 5) is 13.4. The zero-order chi connectivity index (χ0) is 16.8. The van der Waals surface area contributed by atoms with Crippen LogP contribution >= 0.6 is 0 Å². The number of halogens is 1. The van der Waals surface area contributed by atoms with Gasteiger partial charge in [0, 0.05) is 20.2 Å². The largest absolute Gasteiger partial charge is 0.382 e. The maximum atomic E-state index is 13.4. The van der Waals surface area contributed by atoms with Crippen LogP contribution in [0, 0.1) is 5.82 Å². The number of likely N-dealkylation sites (tertiary alicyclic amines) is 1. The molecule has 1 fully saturated rings. The lowest BCUT2D eigenvalue weighted by Gasteiger charge is -2.39. The molecule has 1 heterocycles. The molecule has 4 N–H and O–H groups in total. The van der Waals surface area contributed by atoms with E-state index in [1.165, 1.54) is 12.1 Å². The summed E-state index contributed by atoms with van der Waals surface area (Å²) in [6.45, 7) is 1.72. The number of hydrogen-bond acceptors (Lipinski definition) is 4. The van der Waals surface area contributed by atoms with Crippen molar-refractivity contribution >= 4 is 6.03 Å². The van der Waals surface area contributed by atoms with Crippen LogP contribution in [0.5, 0.6) is 0 Å². The topological polar surface area (TPSA) is 90.8 Å². The lowest BCUT2D eigenvalue weighted by Crippen LogP contribution is -2.46. The molecule has 1 saturated heterocycles. The van der Waals surface area contributed by atoms with Crippen LogP contribution in [0.3, 0.4) is 0 Å². The van der Waals surface area contributed by atoms with Gasteiger partial charge in [-0.05, 0) is 36.1 Å².